The molecule has 2 aliphatic rings. The van der Waals surface area contributed by atoms with Crippen LogP contribution in [0.15, 0.2) is 0 Å². The van der Waals surface area contributed by atoms with Gasteiger partial charge in [0.15, 0.2) is 5.82 Å². The van der Waals surface area contributed by atoms with Crippen LogP contribution in [0.3, 0.4) is 0 Å². The van der Waals surface area contributed by atoms with Crippen LogP contribution in [-0.4, -0.2) is 15.2 Å². The monoisotopic (exact) mass is 233 g/mol. The minimum atomic E-state index is 0.636. The second-order valence-corrected chi connectivity index (χ2v) is 5.75. The van der Waals surface area contributed by atoms with Crippen LogP contribution in [-0.2, 0) is 0 Å². The molecule has 3 nitrogen and oxygen atoms in total. The summed E-state index contributed by atoms with van der Waals surface area (Å²) in [5.74, 6) is 3.57. The SMILES string of the molecule is C1CCC(c2n[nH]c(C3CCCCC3)n2)CC1. The molecule has 3 heteroatoms. The molecule has 1 aromatic heterocycles. The van der Waals surface area contributed by atoms with Crippen LogP contribution in [0.2, 0.25) is 0 Å². The van der Waals surface area contributed by atoms with Gasteiger partial charge in [-0.15, -0.1) is 0 Å². The van der Waals surface area contributed by atoms with Crippen molar-refractivity contribution in [2.24, 2.45) is 0 Å². The highest BCUT2D eigenvalue weighted by Gasteiger charge is 2.23. The number of hydrogen-bond donors (Lipinski definition) is 1. The predicted molar refractivity (Wildman–Crippen MR) is 68.0 cm³/mol. The van der Waals surface area contributed by atoms with E-state index >= 15 is 0 Å². The van der Waals surface area contributed by atoms with Crippen LogP contribution >= 0.6 is 0 Å². The van der Waals surface area contributed by atoms with Crippen LogP contribution in [0.25, 0.3) is 0 Å². The molecule has 0 amide bonds. The summed E-state index contributed by atoms with van der Waals surface area (Å²) in [4.78, 5) is 4.79. The zero-order valence-electron chi connectivity index (χ0n) is 10.6. The second kappa shape index (κ2) is 5.19. The molecule has 0 aromatic carbocycles. The van der Waals surface area contributed by atoms with E-state index < -0.39 is 0 Å². The maximum atomic E-state index is 4.79. The summed E-state index contributed by atoms with van der Waals surface area (Å²) in [5, 5.41) is 7.69. The average Bonchev–Trinajstić information content (AvgIpc) is 2.90. The first kappa shape index (κ1) is 11.2. The molecular weight excluding hydrogens is 210 g/mol. The standard InChI is InChI=1S/C14H23N3/c1-3-7-11(8-4-1)13-15-14(17-16-13)12-9-5-2-6-10-12/h11-12H,1-10H2,(H,15,16,17). The van der Waals surface area contributed by atoms with Crippen LogP contribution in [0.1, 0.15) is 87.7 Å². The number of rotatable bonds is 2. The molecule has 0 atom stereocenters. The Labute approximate surface area is 103 Å². The van der Waals surface area contributed by atoms with Crippen molar-refractivity contribution in [1.29, 1.82) is 0 Å². The molecule has 2 saturated carbocycles. The van der Waals surface area contributed by atoms with Crippen molar-refractivity contribution >= 4 is 0 Å². The van der Waals surface area contributed by atoms with Crippen molar-refractivity contribution in [2.75, 3.05) is 0 Å². The van der Waals surface area contributed by atoms with Gasteiger partial charge < -0.3 is 0 Å². The lowest BCUT2D eigenvalue weighted by atomic mass is 9.88. The highest BCUT2D eigenvalue weighted by molar-refractivity contribution is 5.03. The summed E-state index contributed by atoms with van der Waals surface area (Å²) in [6.45, 7) is 0. The molecule has 0 radical (unpaired) electrons. The van der Waals surface area contributed by atoms with Gasteiger partial charge in [-0.3, -0.25) is 5.10 Å². The number of aromatic nitrogens is 3. The van der Waals surface area contributed by atoms with E-state index in [1.807, 2.05) is 0 Å². The Morgan fingerprint density at radius 2 is 1.35 bits per heavy atom. The van der Waals surface area contributed by atoms with Gasteiger partial charge in [0, 0.05) is 11.8 Å². The quantitative estimate of drug-likeness (QED) is 0.841. The van der Waals surface area contributed by atoms with Crippen LogP contribution < -0.4 is 0 Å². The third kappa shape index (κ3) is 2.53. The number of nitrogens with zero attached hydrogens (tertiary/aromatic N) is 2. The van der Waals surface area contributed by atoms with Gasteiger partial charge in [-0.1, -0.05) is 38.5 Å². The lowest BCUT2D eigenvalue weighted by molar-refractivity contribution is 0.422. The van der Waals surface area contributed by atoms with Crippen LogP contribution in [0.4, 0.5) is 0 Å². The molecule has 2 aliphatic carbocycles. The van der Waals surface area contributed by atoms with Crippen molar-refractivity contribution in [3.8, 4) is 0 Å². The molecule has 0 unspecified atom stereocenters. The number of hydrogen-bond acceptors (Lipinski definition) is 2. The first-order chi connectivity index (χ1) is 8.43. The predicted octanol–water partition coefficient (Wildman–Crippen LogP) is 3.90. The summed E-state index contributed by atoms with van der Waals surface area (Å²) in [7, 11) is 0. The normalized spacial score (nSPS) is 24.0. The van der Waals surface area contributed by atoms with E-state index in [2.05, 4.69) is 10.2 Å². The van der Waals surface area contributed by atoms with Crippen molar-refractivity contribution in [3.63, 3.8) is 0 Å². The second-order valence-electron chi connectivity index (χ2n) is 5.75. The van der Waals surface area contributed by atoms with Gasteiger partial charge in [-0.25, -0.2) is 4.98 Å². The zero-order chi connectivity index (χ0) is 11.5. The lowest BCUT2D eigenvalue weighted by Crippen LogP contribution is -2.08. The van der Waals surface area contributed by atoms with Crippen molar-refractivity contribution < 1.29 is 0 Å². The van der Waals surface area contributed by atoms with Gasteiger partial charge in [-0.05, 0) is 25.7 Å². The molecule has 0 aliphatic heterocycles. The lowest BCUT2D eigenvalue weighted by Gasteiger charge is -2.19. The third-order valence-corrected chi connectivity index (χ3v) is 4.48. The van der Waals surface area contributed by atoms with Gasteiger partial charge in [0.2, 0.25) is 0 Å². The molecule has 0 spiro atoms. The summed E-state index contributed by atoms with van der Waals surface area (Å²) in [5.41, 5.74) is 0. The fraction of sp³-hybridized carbons (Fsp3) is 0.857. The molecule has 1 aromatic rings. The topological polar surface area (TPSA) is 41.6 Å². The summed E-state index contributed by atoms with van der Waals surface area (Å²) >= 11 is 0. The summed E-state index contributed by atoms with van der Waals surface area (Å²) in [6, 6.07) is 0. The molecule has 3 rings (SSSR count). The number of aromatic amines is 1. The summed E-state index contributed by atoms with van der Waals surface area (Å²) < 4.78 is 0. The van der Waals surface area contributed by atoms with Crippen LogP contribution in [0.5, 0.6) is 0 Å². The van der Waals surface area contributed by atoms with Gasteiger partial charge in [0.25, 0.3) is 0 Å². The largest absolute Gasteiger partial charge is 0.263 e. The Kier molecular flexibility index (Phi) is 3.44. The van der Waals surface area contributed by atoms with E-state index in [1.165, 1.54) is 70.0 Å². The fourth-order valence-electron chi connectivity index (χ4n) is 3.39. The molecule has 94 valence electrons. The Morgan fingerprint density at radius 3 is 2.00 bits per heavy atom. The highest BCUT2D eigenvalue weighted by atomic mass is 15.2. The van der Waals surface area contributed by atoms with E-state index in [4.69, 9.17) is 4.98 Å². The number of nitrogens with one attached hydrogen (secondary N) is 1. The van der Waals surface area contributed by atoms with E-state index in [0.717, 1.165) is 5.82 Å². The third-order valence-electron chi connectivity index (χ3n) is 4.48. The van der Waals surface area contributed by atoms with Gasteiger partial charge in [0.1, 0.15) is 5.82 Å². The molecule has 1 heterocycles. The number of H-pyrrole nitrogens is 1. The molecule has 0 bridgehead atoms. The first-order valence-electron chi connectivity index (χ1n) is 7.35. The van der Waals surface area contributed by atoms with Gasteiger partial charge >= 0.3 is 0 Å². The molecule has 17 heavy (non-hydrogen) atoms. The highest BCUT2D eigenvalue weighted by Crippen LogP contribution is 2.33. The van der Waals surface area contributed by atoms with Gasteiger partial charge in [0.05, 0.1) is 0 Å². The zero-order valence-corrected chi connectivity index (χ0v) is 10.6. The summed E-state index contributed by atoms with van der Waals surface area (Å²) in [6.07, 6.45) is 13.4. The average molecular weight is 233 g/mol. The fourth-order valence-corrected chi connectivity index (χ4v) is 3.39. The van der Waals surface area contributed by atoms with Crippen molar-refractivity contribution in [1.82, 2.24) is 15.2 Å². The van der Waals surface area contributed by atoms with Crippen LogP contribution in [0, 0.1) is 0 Å². The Hall–Kier alpha value is -0.860. The van der Waals surface area contributed by atoms with E-state index in [-0.39, 0.29) is 0 Å². The Morgan fingerprint density at radius 1 is 0.765 bits per heavy atom. The van der Waals surface area contributed by atoms with E-state index in [1.54, 1.807) is 0 Å². The molecular formula is C14H23N3. The first-order valence-corrected chi connectivity index (χ1v) is 7.35. The minimum absolute atomic E-state index is 0.636. The van der Waals surface area contributed by atoms with E-state index in [9.17, 15) is 0 Å². The van der Waals surface area contributed by atoms with Crippen molar-refractivity contribution in [3.05, 3.63) is 11.6 Å². The maximum absolute atomic E-state index is 4.79. The minimum Gasteiger partial charge on any atom is -0.263 e. The Bertz CT molecular complexity index is 314. The molecule has 2 fully saturated rings. The molecule has 0 saturated heterocycles. The van der Waals surface area contributed by atoms with Crippen molar-refractivity contribution in [2.45, 2.75) is 76.0 Å². The maximum Gasteiger partial charge on any atom is 0.153 e. The molecule has 1 N–H and O–H groups in total. The smallest absolute Gasteiger partial charge is 0.153 e. The van der Waals surface area contributed by atoms with Gasteiger partial charge in [-0.2, -0.15) is 5.10 Å². The van der Waals surface area contributed by atoms with E-state index in [0.29, 0.717) is 11.8 Å². The Balaban J connectivity index is 1.68.